The van der Waals surface area contributed by atoms with Gasteiger partial charge in [0, 0.05) is 19.2 Å². The molecule has 1 saturated heterocycles. The molecule has 0 saturated carbocycles. The summed E-state index contributed by atoms with van der Waals surface area (Å²) in [6, 6.07) is 15.7. The van der Waals surface area contributed by atoms with Crippen molar-refractivity contribution in [2.45, 2.75) is 19.3 Å². The summed E-state index contributed by atoms with van der Waals surface area (Å²) in [5.41, 5.74) is 4.25. The minimum Gasteiger partial charge on any atom is -0.370 e. The highest BCUT2D eigenvalue weighted by atomic mass is 16.1. The van der Waals surface area contributed by atoms with E-state index in [1.807, 2.05) is 42.5 Å². The van der Waals surface area contributed by atoms with Crippen LogP contribution in [-0.2, 0) is 4.79 Å². The standard InChI is InChI=1S/C22H22N4O/c27-22(13-12-17-16-23-18-8-2-3-9-19(18)24-17)25-20-10-4-5-11-21(20)26-14-6-1-7-15-26/h2-5,8-13,16H,1,6-7,14-15H2,(H,25,27)/b13-12+. The maximum atomic E-state index is 12.4. The molecule has 0 atom stereocenters. The Morgan fingerprint density at radius 3 is 2.56 bits per heavy atom. The minimum absolute atomic E-state index is 0.172. The third-order valence-electron chi connectivity index (χ3n) is 4.73. The SMILES string of the molecule is O=C(/C=C/c1cnc2ccccc2n1)Nc1ccccc1N1CCCCC1. The number of nitrogens with one attached hydrogen (secondary N) is 1. The number of benzene rings is 2. The molecule has 1 N–H and O–H groups in total. The second kappa shape index (κ2) is 7.99. The molecule has 1 fully saturated rings. The van der Waals surface area contributed by atoms with Crippen LogP contribution in [0.5, 0.6) is 0 Å². The molecule has 0 spiro atoms. The topological polar surface area (TPSA) is 58.1 Å². The lowest BCUT2D eigenvalue weighted by Gasteiger charge is -2.30. The molecule has 3 aromatic rings. The predicted octanol–water partition coefficient (Wildman–Crippen LogP) is 4.27. The second-order valence-electron chi connectivity index (χ2n) is 6.67. The number of para-hydroxylation sites is 4. The summed E-state index contributed by atoms with van der Waals surface area (Å²) < 4.78 is 0. The van der Waals surface area contributed by atoms with E-state index >= 15 is 0 Å². The first-order valence-electron chi connectivity index (χ1n) is 9.34. The van der Waals surface area contributed by atoms with E-state index < -0.39 is 0 Å². The van der Waals surface area contributed by atoms with Gasteiger partial charge < -0.3 is 10.2 Å². The Morgan fingerprint density at radius 1 is 0.963 bits per heavy atom. The van der Waals surface area contributed by atoms with Crippen LogP contribution < -0.4 is 10.2 Å². The fourth-order valence-electron chi connectivity index (χ4n) is 3.38. The van der Waals surface area contributed by atoms with Crippen molar-refractivity contribution in [1.29, 1.82) is 0 Å². The van der Waals surface area contributed by atoms with Crippen molar-refractivity contribution >= 4 is 34.4 Å². The van der Waals surface area contributed by atoms with Crippen LogP contribution in [0.25, 0.3) is 17.1 Å². The molecular weight excluding hydrogens is 336 g/mol. The average molecular weight is 358 g/mol. The zero-order chi connectivity index (χ0) is 18.5. The van der Waals surface area contributed by atoms with Gasteiger partial charge in [-0.3, -0.25) is 9.78 Å². The Morgan fingerprint density at radius 2 is 1.70 bits per heavy atom. The first-order valence-corrected chi connectivity index (χ1v) is 9.34. The van der Waals surface area contributed by atoms with E-state index in [1.165, 1.54) is 25.3 Å². The molecule has 27 heavy (non-hydrogen) atoms. The van der Waals surface area contributed by atoms with Crippen molar-refractivity contribution in [3.8, 4) is 0 Å². The number of fused-ring (bicyclic) bond motifs is 1. The van der Waals surface area contributed by atoms with Crippen molar-refractivity contribution in [2.24, 2.45) is 0 Å². The summed E-state index contributed by atoms with van der Waals surface area (Å²) in [5, 5.41) is 3.00. The Bertz CT molecular complexity index is 977. The Kier molecular flexibility index (Phi) is 5.10. The summed E-state index contributed by atoms with van der Waals surface area (Å²) in [5.74, 6) is -0.172. The minimum atomic E-state index is -0.172. The van der Waals surface area contributed by atoms with Crippen LogP contribution >= 0.6 is 0 Å². The molecule has 136 valence electrons. The van der Waals surface area contributed by atoms with Crippen molar-refractivity contribution in [1.82, 2.24) is 9.97 Å². The van der Waals surface area contributed by atoms with E-state index in [4.69, 9.17) is 0 Å². The van der Waals surface area contributed by atoms with E-state index in [-0.39, 0.29) is 5.91 Å². The Labute approximate surface area is 158 Å². The number of carbonyl (C=O) groups is 1. The number of nitrogens with zero attached hydrogens (tertiary/aromatic N) is 3. The van der Waals surface area contributed by atoms with Gasteiger partial charge in [0.25, 0.3) is 0 Å². The van der Waals surface area contributed by atoms with Crippen molar-refractivity contribution in [3.05, 3.63) is 66.5 Å². The highest BCUT2D eigenvalue weighted by Gasteiger charge is 2.14. The summed E-state index contributed by atoms with van der Waals surface area (Å²) >= 11 is 0. The van der Waals surface area contributed by atoms with Gasteiger partial charge in [-0.15, -0.1) is 0 Å². The molecule has 2 aromatic carbocycles. The maximum absolute atomic E-state index is 12.4. The fourth-order valence-corrected chi connectivity index (χ4v) is 3.38. The molecule has 5 heteroatoms. The molecule has 1 aliphatic rings. The number of hydrogen-bond acceptors (Lipinski definition) is 4. The summed E-state index contributed by atoms with van der Waals surface area (Å²) in [4.78, 5) is 23.6. The molecule has 1 aromatic heterocycles. The van der Waals surface area contributed by atoms with E-state index in [0.717, 1.165) is 35.5 Å². The van der Waals surface area contributed by atoms with Crippen LogP contribution in [0.15, 0.2) is 60.8 Å². The number of amides is 1. The lowest BCUT2D eigenvalue weighted by Crippen LogP contribution is -2.30. The number of rotatable bonds is 4. The number of anilines is 2. The van der Waals surface area contributed by atoms with Crippen LogP contribution in [-0.4, -0.2) is 29.0 Å². The van der Waals surface area contributed by atoms with Gasteiger partial charge in [0.15, 0.2) is 0 Å². The second-order valence-corrected chi connectivity index (χ2v) is 6.67. The number of aromatic nitrogens is 2. The van der Waals surface area contributed by atoms with Crippen molar-refractivity contribution in [2.75, 3.05) is 23.3 Å². The van der Waals surface area contributed by atoms with Gasteiger partial charge in [-0.05, 0) is 49.6 Å². The van der Waals surface area contributed by atoms with Gasteiger partial charge in [0.05, 0.1) is 34.3 Å². The van der Waals surface area contributed by atoms with Gasteiger partial charge in [-0.2, -0.15) is 0 Å². The van der Waals surface area contributed by atoms with Crippen LogP contribution in [0.3, 0.4) is 0 Å². The van der Waals surface area contributed by atoms with E-state index in [9.17, 15) is 4.79 Å². The molecule has 0 bridgehead atoms. The van der Waals surface area contributed by atoms with Gasteiger partial charge in [0.1, 0.15) is 0 Å². The molecule has 4 rings (SSSR count). The van der Waals surface area contributed by atoms with Crippen LogP contribution in [0.1, 0.15) is 25.0 Å². The molecule has 5 nitrogen and oxygen atoms in total. The largest absolute Gasteiger partial charge is 0.370 e. The van der Waals surface area contributed by atoms with Gasteiger partial charge in [0.2, 0.25) is 5.91 Å². The van der Waals surface area contributed by atoms with E-state index in [0.29, 0.717) is 5.69 Å². The molecule has 0 aliphatic carbocycles. The third kappa shape index (κ3) is 4.14. The monoisotopic (exact) mass is 358 g/mol. The van der Waals surface area contributed by atoms with Crippen LogP contribution in [0, 0.1) is 0 Å². The van der Waals surface area contributed by atoms with E-state index in [1.54, 1.807) is 12.3 Å². The fraction of sp³-hybridized carbons (Fsp3) is 0.227. The Balaban J connectivity index is 1.48. The molecule has 1 amide bonds. The van der Waals surface area contributed by atoms with Gasteiger partial charge in [-0.25, -0.2) is 4.98 Å². The molecule has 2 heterocycles. The smallest absolute Gasteiger partial charge is 0.248 e. The van der Waals surface area contributed by atoms with Crippen LogP contribution in [0.4, 0.5) is 11.4 Å². The first kappa shape index (κ1) is 17.2. The zero-order valence-electron chi connectivity index (χ0n) is 15.1. The highest BCUT2D eigenvalue weighted by Crippen LogP contribution is 2.28. The summed E-state index contributed by atoms with van der Waals surface area (Å²) in [6.45, 7) is 2.07. The average Bonchev–Trinajstić information content (AvgIpc) is 2.73. The number of hydrogen-bond donors (Lipinski definition) is 1. The quantitative estimate of drug-likeness (QED) is 0.708. The van der Waals surface area contributed by atoms with Crippen LogP contribution in [0.2, 0.25) is 0 Å². The lowest BCUT2D eigenvalue weighted by atomic mass is 10.1. The van der Waals surface area contributed by atoms with Gasteiger partial charge in [-0.1, -0.05) is 24.3 Å². The molecule has 0 radical (unpaired) electrons. The lowest BCUT2D eigenvalue weighted by molar-refractivity contribution is -0.111. The summed E-state index contributed by atoms with van der Waals surface area (Å²) in [6.07, 6.45) is 8.55. The third-order valence-corrected chi connectivity index (χ3v) is 4.73. The Hall–Kier alpha value is -3.21. The molecular formula is C22H22N4O. The number of carbonyl (C=O) groups excluding carboxylic acids is 1. The van der Waals surface area contributed by atoms with E-state index in [2.05, 4.69) is 26.3 Å². The molecule has 0 unspecified atom stereocenters. The normalized spacial score (nSPS) is 14.6. The first-order chi connectivity index (χ1) is 13.3. The van der Waals surface area contributed by atoms with Gasteiger partial charge >= 0.3 is 0 Å². The predicted molar refractivity (Wildman–Crippen MR) is 110 cm³/mol. The maximum Gasteiger partial charge on any atom is 0.248 e. The molecule has 1 aliphatic heterocycles. The number of piperidine rings is 1. The van der Waals surface area contributed by atoms with Crippen molar-refractivity contribution < 1.29 is 4.79 Å². The zero-order valence-corrected chi connectivity index (χ0v) is 15.1. The highest BCUT2D eigenvalue weighted by molar-refractivity contribution is 6.03. The summed E-state index contributed by atoms with van der Waals surface area (Å²) in [7, 11) is 0. The van der Waals surface area contributed by atoms with Crippen molar-refractivity contribution in [3.63, 3.8) is 0 Å².